The molecule has 3 aromatic rings. The first-order valence-electron chi connectivity index (χ1n) is 8.47. The maximum Gasteiger partial charge on any atom is 0.230 e. The summed E-state index contributed by atoms with van der Waals surface area (Å²) in [5.74, 6) is 0.768. The number of carbonyl (C=O) groups is 1. The Hall–Kier alpha value is -2.80. The lowest BCUT2D eigenvalue weighted by Gasteiger charge is -2.05. The molecule has 27 heavy (non-hydrogen) atoms. The number of amides is 1. The van der Waals surface area contributed by atoms with Crippen molar-refractivity contribution in [3.8, 4) is 17.0 Å². The van der Waals surface area contributed by atoms with Gasteiger partial charge in [-0.1, -0.05) is 23.9 Å². The van der Waals surface area contributed by atoms with Gasteiger partial charge in [-0.05, 0) is 53.9 Å². The van der Waals surface area contributed by atoms with Gasteiger partial charge in [0.05, 0.1) is 24.8 Å². The van der Waals surface area contributed by atoms with Gasteiger partial charge in [0, 0.05) is 6.54 Å². The zero-order chi connectivity index (χ0) is 19.1. The molecule has 0 saturated carbocycles. The summed E-state index contributed by atoms with van der Waals surface area (Å²) in [6.45, 7) is 0.574. The molecule has 7 heteroatoms. The van der Waals surface area contributed by atoms with Crippen LogP contribution in [0.4, 0.5) is 4.39 Å². The van der Waals surface area contributed by atoms with Crippen LogP contribution >= 0.6 is 11.8 Å². The number of aromatic nitrogens is 2. The largest absolute Gasteiger partial charge is 0.497 e. The van der Waals surface area contributed by atoms with E-state index in [1.807, 2.05) is 24.3 Å². The van der Waals surface area contributed by atoms with Crippen LogP contribution in [0.1, 0.15) is 5.56 Å². The highest BCUT2D eigenvalue weighted by Gasteiger charge is 2.07. The highest BCUT2D eigenvalue weighted by molar-refractivity contribution is 7.99. The van der Waals surface area contributed by atoms with E-state index < -0.39 is 0 Å². The van der Waals surface area contributed by atoms with Crippen molar-refractivity contribution in [2.75, 3.05) is 19.4 Å². The van der Waals surface area contributed by atoms with E-state index in [2.05, 4.69) is 15.3 Å². The first-order chi connectivity index (χ1) is 13.1. The number of benzene rings is 2. The molecule has 0 unspecified atom stereocenters. The van der Waals surface area contributed by atoms with Gasteiger partial charge < -0.3 is 15.0 Å². The van der Waals surface area contributed by atoms with Gasteiger partial charge in [0.15, 0.2) is 5.16 Å². The Labute approximate surface area is 161 Å². The van der Waals surface area contributed by atoms with E-state index >= 15 is 0 Å². The van der Waals surface area contributed by atoms with Crippen molar-refractivity contribution in [3.05, 3.63) is 66.1 Å². The Morgan fingerprint density at radius 2 is 1.93 bits per heavy atom. The fraction of sp³-hybridized carbons (Fsp3) is 0.200. The van der Waals surface area contributed by atoms with Gasteiger partial charge >= 0.3 is 0 Å². The quantitative estimate of drug-likeness (QED) is 0.581. The lowest BCUT2D eigenvalue weighted by Crippen LogP contribution is -2.27. The fourth-order valence-corrected chi connectivity index (χ4v) is 3.16. The molecule has 0 radical (unpaired) electrons. The third-order valence-corrected chi connectivity index (χ3v) is 4.83. The molecular formula is C20H20FN3O2S. The molecular weight excluding hydrogens is 365 g/mol. The van der Waals surface area contributed by atoms with Gasteiger partial charge in [-0.25, -0.2) is 9.37 Å². The third kappa shape index (κ3) is 5.59. The van der Waals surface area contributed by atoms with Crippen LogP contribution in [0.2, 0.25) is 0 Å². The normalized spacial score (nSPS) is 10.6. The van der Waals surface area contributed by atoms with Crippen molar-refractivity contribution in [2.45, 2.75) is 11.6 Å². The molecule has 0 fully saturated rings. The average Bonchev–Trinajstić information content (AvgIpc) is 3.16. The Balaban J connectivity index is 1.42. The smallest absolute Gasteiger partial charge is 0.230 e. The van der Waals surface area contributed by atoms with Crippen molar-refractivity contribution >= 4 is 17.7 Å². The molecule has 0 aliphatic rings. The second kappa shape index (κ2) is 9.23. The van der Waals surface area contributed by atoms with Crippen molar-refractivity contribution in [1.29, 1.82) is 0 Å². The topological polar surface area (TPSA) is 67.0 Å². The summed E-state index contributed by atoms with van der Waals surface area (Å²) in [5.41, 5.74) is 2.77. The van der Waals surface area contributed by atoms with E-state index in [0.717, 1.165) is 29.0 Å². The van der Waals surface area contributed by atoms with E-state index in [1.54, 1.807) is 25.4 Å². The number of imidazole rings is 1. The van der Waals surface area contributed by atoms with Gasteiger partial charge in [-0.2, -0.15) is 0 Å². The number of halogens is 1. The van der Waals surface area contributed by atoms with Crippen LogP contribution in [-0.2, 0) is 11.2 Å². The molecule has 1 heterocycles. The number of H-pyrrole nitrogens is 1. The van der Waals surface area contributed by atoms with Gasteiger partial charge in [-0.3, -0.25) is 4.79 Å². The molecule has 1 aromatic heterocycles. The first kappa shape index (κ1) is 19.0. The van der Waals surface area contributed by atoms with E-state index in [0.29, 0.717) is 11.7 Å². The fourth-order valence-electron chi connectivity index (χ4n) is 2.48. The van der Waals surface area contributed by atoms with Crippen LogP contribution in [0.5, 0.6) is 5.75 Å². The Kier molecular flexibility index (Phi) is 6.49. The molecule has 0 aliphatic carbocycles. The van der Waals surface area contributed by atoms with Gasteiger partial charge in [0.1, 0.15) is 11.6 Å². The molecule has 0 spiro atoms. The van der Waals surface area contributed by atoms with E-state index in [1.165, 1.54) is 23.9 Å². The molecule has 3 rings (SSSR count). The maximum atomic E-state index is 13.0. The standard InChI is InChI=1S/C20H20FN3O2S/c1-26-17-8-2-14(3-9-17)10-11-22-19(25)13-27-20-23-12-18(24-20)15-4-6-16(21)7-5-15/h2-9,12H,10-11,13H2,1H3,(H,22,25)(H,23,24). The number of ether oxygens (including phenoxy) is 1. The van der Waals surface area contributed by atoms with E-state index in [-0.39, 0.29) is 17.5 Å². The molecule has 140 valence electrons. The van der Waals surface area contributed by atoms with Crippen LogP contribution in [0.25, 0.3) is 11.3 Å². The van der Waals surface area contributed by atoms with Crippen LogP contribution in [0.15, 0.2) is 59.9 Å². The van der Waals surface area contributed by atoms with E-state index in [4.69, 9.17) is 4.74 Å². The number of rotatable bonds is 8. The molecule has 0 atom stereocenters. The lowest BCUT2D eigenvalue weighted by atomic mass is 10.1. The predicted octanol–water partition coefficient (Wildman–Crippen LogP) is 3.68. The van der Waals surface area contributed by atoms with Crippen molar-refractivity contribution in [1.82, 2.24) is 15.3 Å². The minimum absolute atomic E-state index is 0.0479. The van der Waals surface area contributed by atoms with Crippen molar-refractivity contribution in [2.24, 2.45) is 0 Å². The van der Waals surface area contributed by atoms with Gasteiger partial charge in [0.2, 0.25) is 5.91 Å². The first-order valence-corrected chi connectivity index (χ1v) is 9.46. The van der Waals surface area contributed by atoms with Crippen LogP contribution in [0, 0.1) is 5.82 Å². The Bertz CT molecular complexity index is 879. The Morgan fingerprint density at radius 3 is 2.63 bits per heavy atom. The molecule has 0 bridgehead atoms. The Morgan fingerprint density at radius 1 is 1.19 bits per heavy atom. The highest BCUT2D eigenvalue weighted by Crippen LogP contribution is 2.21. The molecule has 2 N–H and O–H groups in total. The van der Waals surface area contributed by atoms with Crippen LogP contribution in [0.3, 0.4) is 0 Å². The number of hydrogen-bond acceptors (Lipinski definition) is 4. The number of hydrogen-bond donors (Lipinski definition) is 2. The molecule has 1 amide bonds. The summed E-state index contributed by atoms with van der Waals surface area (Å²) in [6.07, 6.45) is 2.44. The van der Waals surface area contributed by atoms with Crippen LogP contribution in [-0.4, -0.2) is 35.3 Å². The SMILES string of the molecule is COc1ccc(CCNC(=O)CSc2ncc(-c3ccc(F)cc3)[nH]2)cc1. The van der Waals surface area contributed by atoms with Gasteiger partial charge in [0.25, 0.3) is 0 Å². The summed E-state index contributed by atoms with van der Waals surface area (Å²) in [6, 6.07) is 14.0. The van der Waals surface area contributed by atoms with Crippen molar-refractivity contribution < 1.29 is 13.9 Å². The number of nitrogens with one attached hydrogen (secondary N) is 2. The molecule has 5 nitrogen and oxygen atoms in total. The minimum Gasteiger partial charge on any atom is -0.497 e. The van der Waals surface area contributed by atoms with E-state index in [9.17, 15) is 9.18 Å². The van der Waals surface area contributed by atoms with Crippen molar-refractivity contribution in [3.63, 3.8) is 0 Å². The lowest BCUT2D eigenvalue weighted by molar-refractivity contribution is -0.118. The average molecular weight is 385 g/mol. The predicted molar refractivity (Wildman–Crippen MR) is 104 cm³/mol. The van der Waals surface area contributed by atoms with Crippen LogP contribution < -0.4 is 10.1 Å². The monoisotopic (exact) mass is 385 g/mol. The molecule has 0 saturated heterocycles. The zero-order valence-corrected chi connectivity index (χ0v) is 15.7. The number of nitrogens with zero attached hydrogens (tertiary/aromatic N) is 1. The second-order valence-corrected chi connectivity index (χ2v) is 6.81. The molecule has 2 aromatic carbocycles. The summed E-state index contributed by atoms with van der Waals surface area (Å²) < 4.78 is 18.1. The van der Waals surface area contributed by atoms with Gasteiger partial charge in [-0.15, -0.1) is 0 Å². The second-order valence-electron chi connectivity index (χ2n) is 5.85. The third-order valence-electron chi connectivity index (χ3n) is 3.94. The summed E-state index contributed by atoms with van der Waals surface area (Å²) in [5, 5.41) is 3.55. The summed E-state index contributed by atoms with van der Waals surface area (Å²) in [7, 11) is 1.63. The number of thioether (sulfide) groups is 1. The molecule has 0 aliphatic heterocycles. The number of aromatic amines is 1. The summed E-state index contributed by atoms with van der Waals surface area (Å²) >= 11 is 1.33. The summed E-state index contributed by atoms with van der Waals surface area (Å²) in [4.78, 5) is 19.4. The number of carbonyl (C=O) groups excluding carboxylic acids is 1. The highest BCUT2D eigenvalue weighted by atomic mass is 32.2. The zero-order valence-electron chi connectivity index (χ0n) is 14.9. The maximum absolute atomic E-state index is 13.0. The number of methoxy groups -OCH3 is 1. The minimum atomic E-state index is -0.279.